The summed E-state index contributed by atoms with van der Waals surface area (Å²) in [4.78, 5) is 25.5. The molecule has 1 aliphatic heterocycles. The van der Waals surface area contributed by atoms with Gasteiger partial charge in [0.1, 0.15) is 24.4 Å². The topological polar surface area (TPSA) is 96.3 Å². The van der Waals surface area contributed by atoms with Gasteiger partial charge in [0.15, 0.2) is 6.04 Å². The van der Waals surface area contributed by atoms with Crippen LogP contribution in [0.2, 0.25) is 0 Å². The van der Waals surface area contributed by atoms with Crippen LogP contribution in [0.5, 0.6) is 0 Å². The molecule has 1 saturated heterocycles. The quantitative estimate of drug-likeness (QED) is 0.801. The predicted octanol–water partition coefficient (Wildman–Crippen LogP) is 1.07. The molecule has 3 atom stereocenters. The van der Waals surface area contributed by atoms with E-state index in [0.29, 0.717) is 0 Å². The second-order valence-corrected chi connectivity index (χ2v) is 6.73. The number of carbonyl (C=O) groups excluding carboxylic acids is 2. The van der Waals surface area contributed by atoms with Crippen LogP contribution in [0, 0.1) is 0 Å². The molecular formula is C17H23NO6. The maximum Gasteiger partial charge on any atom is 0.411 e. The first-order chi connectivity index (χ1) is 11.2. The van der Waals surface area contributed by atoms with E-state index in [1.165, 1.54) is 0 Å². The second-order valence-electron chi connectivity index (χ2n) is 6.73. The van der Waals surface area contributed by atoms with Gasteiger partial charge in [0.05, 0.1) is 6.54 Å². The van der Waals surface area contributed by atoms with E-state index in [-0.39, 0.29) is 13.2 Å². The number of rotatable bonds is 3. The summed E-state index contributed by atoms with van der Waals surface area (Å²) in [6.45, 7) is 4.89. The van der Waals surface area contributed by atoms with Crippen molar-refractivity contribution in [3.05, 3.63) is 35.9 Å². The minimum absolute atomic E-state index is 0.0150. The number of β-amino-alcohol motifs (C(OH)–C–C–N with tert-alkyl or cyclic N) is 1. The SMILES string of the molecule is CC(C)(C)OC(=O)N1CC(O)C(O)C1C(=O)OCc1ccccc1. The Balaban J connectivity index is 2.06. The Morgan fingerprint density at radius 1 is 1.21 bits per heavy atom. The van der Waals surface area contributed by atoms with Gasteiger partial charge in [-0.1, -0.05) is 30.3 Å². The normalized spacial score (nSPS) is 23.9. The van der Waals surface area contributed by atoms with Gasteiger partial charge in [-0.25, -0.2) is 9.59 Å². The molecule has 0 saturated carbocycles. The van der Waals surface area contributed by atoms with Crippen LogP contribution in [0.4, 0.5) is 4.79 Å². The van der Waals surface area contributed by atoms with Gasteiger partial charge in [-0.05, 0) is 26.3 Å². The minimum atomic E-state index is -1.42. The highest BCUT2D eigenvalue weighted by atomic mass is 16.6. The van der Waals surface area contributed by atoms with E-state index in [2.05, 4.69) is 0 Å². The number of esters is 1. The van der Waals surface area contributed by atoms with Gasteiger partial charge < -0.3 is 19.7 Å². The van der Waals surface area contributed by atoms with E-state index in [0.717, 1.165) is 10.5 Å². The molecule has 1 fully saturated rings. The van der Waals surface area contributed by atoms with Crippen molar-refractivity contribution >= 4 is 12.1 Å². The van der Waals surface area contributed by atoms with Crippen LogP contribution in [-0.4, -0.2) is 57.6 Å². The number of likely N-dealkylation sites (tertiary alicyclic amines) is 1. The van der Waals surface area contributed by atoms with Gasteiger partial charge in [-0.2, -0.15) is 0 Å². The molecule has 1 aromatic rings. The van der Waals surface area contributed by atoms with E-state index >= 15 is 0 Å². The molecule has 3 unspecified atom stereocenters. The van der Waals surface area contributed by atoms with Crippen LogP contribution in [0.15, 0.2) is 30.3 Å². The molecule has 24 heavy (non-hydrogen) atoms. The van der Waals surface area contributed by atoms with Crippen LogP contribution in [0.1, 0.15) is 26.3 Å². The van der Waals surface area contributed by atoms with E-state index in [9.17, 15) is 19.8 Å². The van der Waals surface area contributed by atoms with Crippen molar-refractivity contribution in [2.24, 2.45) is 0 Å². The minimum Gasteiger partial charge on any atom is -0.459 e. The lowest BCUT2D eigenvalue weighted by Crippen LogP contribution is -2.47. The maximum atomic E-state index is 12.3. The van der Waals surface area contributed by atoms with Gasteiger partial charge in [0, 0.05) is 0 Å². The molecule has 0 bridgehead atoms. The lowest BCUT2D eigenvalue weighted by Gasteiger charge is -2.28. The Morgan fingerprint density at radius 2 is 1.83 bits per heavy atom. The molecule has 0 aromatic heterocycles. The number of carbonyl (C=O) groups is 2. The summed E-state index contributed by atoms with van der Waals surface area (Å²) in [5.74, 6) is -0.784. The number of nitrogens with zero attached hydrogens (tertiary/aromatic N) is 1. The first kappa shape index (κ1) is 18.2. The third kappa shape index (κ3) is 4.46. The molecule has 0 spiro atoms. The zero-order valence-corrected chi connectivity index (χ0v) is 14.0. The molecule has 0 radical (unpaired) electrons. The molecule has 0 aliphatic carbocycles. The second kappa shape index (κ2) is 7.19. The third-order valence-electron chi connectivity index (χ3n) is 3.53. The van der Waals surface area contributed by atoms with Crippen LogP contribution in [0.3, 0.4) is 0 Å². The van der Waals surface area contributed by atoms with E-state index in [1.54, 1.807) is 32.9 Å². The summed E-state index contributed by atoms with van der Waals surface area (Å²) in [6, 6.07) is 7.75. The standard InChI is InChI=1S/C17H23NO6/c1-17(2,3)24-16(22)18-9-12(19)14(20)13(18)15(21)23-10-11-7-5-4-6-8-11/h4-8,12-14,19-20H,9-10H2,1-3H3. The fourth-order valence-corrected chi connectivity index (χ4v) is 2.41. The lowest BCUT2D eigenvalue weighted by atomic mass is 10.1. The van der Waals surface area contributed by atoms with E-state index < -0.39 is 35.9 Å². The molecule has 1 amide bonds. The number of ether oxygens (including phenoxy) is 2. The van der Waals surface area contributed by atoms with Crippen LogP contribution >= 0.6 is 0 Å². The van der Waals surface area contributed by atoms with Gasteiger partial charge in [-0.3, -0.25) is 4.90 Å². The molecule has 132 valence electrons. The van der Waals surface area contributed by atoms with Gasteiger partial charge in [-0.15, -0.1) is 0 Å². The number of amides is 1. The number of hydrogen-bond donors (Lipinski definition) is 2. The smallest absolute Gasteiger partial charge is 0.411 e. The largest absolute Gasteiger partial charge is 0.459 e. The van der Waals surface area contributed by atoms with E-state index in [4.69, 9.17) is 9.47 Å². The third-order valence-corrected chi connectivity index (χ3v) is 3.53. The first-order valence-electron chi connectivity index (χ1n) is 7.75. The van der Waals surface area contributed by atoms with Gasteiger partial charge in [0.2, 0.25) is 0 Å². The van der Waals surface area contributed by atoms with Crippen LogP contribution in [0.25, 0.3) is 0 Å². The highest BCUT2D eigenvalue weighted by Gasteiger charge is 2.48. The number of aliphatic hydroxyl groups excluding tert-OH is 2. The van der Waals surface area contributed by atoms with Crippen molar-refractivity contribution in [1.82, 2.24) is 4.90 Å². The fraction of sp³-hybridized carbons (Fsp3) is 0.529. The van der Waals surface area contributed by atoms with Crippen molar-refractivity contribution in [2.75, 3.05) is 6.54 Å². The van der Waals surface area contributed by atoms with Crippen molar-refractivity contribution in [2.45, 2.75) is 51.2 Å². The predicted molar refractivity (Wildman–Crippen MR) is 85.0 cm³/mol. The number of aliphatic hydroxyl groups is 2. The summed E-state index contributed by atoms with van der Waals surface area (Å²) in [7, 11) is 0. The van der Waals surface area contributed by atoms with Crippen molar-refractivity contribution < 1.29 is 29.3 Å². The molecule has 7 heteroatoms. The molecule has 1 aliphatic rings. The van der Waals surface area contributed by atoms with Crippen LogP contribution < -0.4 is 0 Å². The van der Waals surface area contributed by atoms with Gasteiger partial charge in [0.25, 0.3) is 0 Å². The first-order valence-corrected chi connectivity index (χ1v) is 7.75. The highest BCUT2D eigenvalue weighted by molar-refractivity contribution is 5.83. The monoisotopic (exact) mass is 337 g/mol. The highest BCUT2D eigenvalue weighted by Crippen LogP contribution is 2.23. The molecular weight excluding hydrogens is 314 g/mol. The Labute approximate surface area is 140 Å². The molecule has 1 heterocycles. The average molecular weight is 337 g/mol. The summed E-state index contributed by atoms with van der Waals surface area (Å²) < 4.78 is 10.4. The van der Waals surface area contributed by atoms with Crippen LogP contribution in [-0.2, 0) is 20.9 Å². The Bertz CT molecular complexity index is 582. The van der Waals surface area contributed by atoms with Crippen molar-refractivity contribution in [1.29, 1.82) is 0 Å². The fourth-order valence-electron chi connectivity index (χ4n) is 2.41. The summed E-state index contributed by atoms with van der Waals surface area (Å²) >= 11 is 0. The average Bonchev–Trinajstić information content (AvgIpc) is 2.80. The molecule has 2 rings (SSSR count). The summed E-state index contributed by atoms with van der Waals surface area (Å²) in [5, 5.41) is 19.9. The number of benzene rings is 1. The number of hydrogen-bond acceptors (Lipinski definition) is 6. The summed E-state index contributed by atoms with van der Waals surface area (Å²) in [6.07, 6.45) is -3.42. The molecule has 2 N–H and O–H groups in total. The zero-order chi connectivity index (χ0) is 17.9. The van der Waals surface area contributed by atoms with E-state index in [1.807, 2.05) is 18.2 Å². The zero-order valence-electron chi connectivity index (χ0n) is 14.0. The van der Waals surface area contributed by atoms with Crippen molar-refractivity contribution in [3.63, 3.8) is 0 Å². The summed E-state index contributed by atoms with van der Waals surface area (Å²) in [5.41, 5.74) is 0.0244. The maximum absolute atomic E-state index is 12.3. The van der Waals surface area contributed by atoms with Gasteiger partial charge >= 0.3 is 12.1 Å². The molecule has 1 aromatic carbocycles. The Hall–Kier alpha value is -2.12. The Kier molecular flexibility index (Phi) is 5.46. The lowest BCUT2D eigenvalue weighted by molar-refractivity contribution is -0.153. The Morgan fingerprint density at radius 3 is 2.42 bits per heavy atom. The van der Waals surface area contributed by atoms with Crippen molar-refractivity contribution in [3.8, 4) is 0 Å². The molecule has 7 nitrogen and oxygen atoms in total.